The van der Waals surface area contributed by atoms with Gasteiger partial charge in [-0.15, -0.1) is 0 Å². The van der Waals surface area contributed by atoms with Gasteiger partial charge in [0.25, 0.3) is 0 Å². The lowest BCUT2D eigenvalue weighted by Crippen LogP contribution is -2.44. The summed E-state index contributed by atoms with van der Waals surface area (Å²) in [6.07, 6.45) is 12.6. The van der Waals surface area contributed by atoms with Crippen molar-refractivity contribution < 1.29 is 19.8 Å². The molecule has 2 atom stereocenters. The summed E-state index contributed by atoms with van der Waals surface area (Å²) < 4.78 is 0. The number of aliphatic carboxylic acids is 2. The van der Waals surface area contributed by atoms with Gasteiger partial charge in [-0.05, 0) is 31.6 Å². The van der Waals surface area contributed by atoms with Crippen LogP contribution in [-0.4, -0.2) is 22.2 Å². The first-order valence-corrected chi connectivity index (χ1v) is 10.00. The Hall–Kier alpha value is -1.32. The maximum absolute atomic E-state index is 12.1. The number of allylic oxidation sites excluding steroid dienone is 1. The van der Waals surface area contributed by atoms with Crippen LogP contribution in [0.1, 0.15) is 91.4 Å². The van der Waals surface area contributed by atoms with Crippen LogP contribution in [0.2, 0.25) is 0 Å². The molecule has 0 amide bonds. The zero-order chi connectivity index (χ0) is 18.9. The second-order valence-electron chi connectivity index (χ2n) is 7.88. The molecule has 2 unspecified atom stereocenters. The third kappa shape index (κ3) is 5.58. The normalized spacial score (nSPS) is 26.1. The van der Waals surface area contributed by atoms with Crippen molar-refractivity contribution in [3.63, 3.8) is 0 Å². The van der Waals surface area contributed by atoms with Crippen molar-refractivity contribution in [3.8, 4) is 0 Å². The second kappa shape index (κ2) is 9.98. The van der Waals surface area contributed by atoms with Gasteiger partial charge < -0.3 is 10.2 Å². The predicted molar refractivity (Wildman–Crippen MR) is 101 cm³/mol. The first-order valence-electron chi connectivity index (χ1n) is 10.00. The van der Waals surface area contributed by atoms with Crippen LogP contribution in [0.4, 0.5) is 0 Å². The molecule has 2 N–H and O–H groups in total. The number of rotatable bonds is 12. The lowest BCUT2D eigenvalue weighted by molar-refractivity contribution is -0.158. The predicted octanol–water partition coefficient (Wildman–Crippen LogP) is 5.67. The number of hydrogen-bond acceptors (Lipinski definition) is 2. The molecule has 1 aliphatic rings. The van der Waals surface area contributed by atoms with Crippen LogP contribution in [0, 0.1) is 16.7 Å². The largest absolute Gasteiger partial charge is 0.481 e. The summed E-state index contributed by atoms with van der Waals surface area (Å²) in [5, 5.41) is 19.9. The van der Waals surface area contributed by atoms with Crippen molar-refractivity contribution in [1.82, 2.24) is 0 Å². The quantitative estimate of drug-likeness (QED) is 0.351. The summed E-state index contributed by atoms with van der Waals surface area (Å²) in [5.41, 5.74) is -1.96. The van der Waals surface area contributed by atoms with Crippen LogP contribution in [0.15, 0.2) is 12.2 Å². The number of unbranched alkanes of at least 4 members (excludes halogenated alkanes) is 4. The van der Waals surface area contributed by atoms with Crippen molar-refractivity contribution in [2.75, 3.05) is 0 Å². The van der Waals surface area contributed by atoms with Crippen LogP contribution in [0.3, 0.4) is 0 Å². The van der Waals surface area contributed by atoms with E-state index in [1.807, 2.05) is 6.08 Å². The molecule has 4 nitrogen and oxygen atoms in total. The Bertz CT molecular complexity index is 467. The van der Waals surface area contributed by atoms with E-state index in [4.69, 9.17) is 0 Å². The molecule has 0 aromatic heterocycles. The van der Waals surface area contributed by atoms with Crippen LogP contribution >= 0.6 is 0 Å². The SMILES string of the molecule is CCCCCCCC1(C(=O)O)CC=CC(CC(CC)CC)(C(=O)O)C1. The zero-order valence-corrected chi connectivity index (χ0v) is 16.2. The van der Waals surface area contributed by atoms with Gasteiger partial charge in [-0.1, -0.05) is 77.9 Å². The Balaban J connectivity index is 2.95. The van der Waals surface area contributed by atoms with E-state index in [-0.39, 0.29) is 6.42 Å². The Morgan fingerprint density at radius 1 is 1.00 bits per heavy atom. The maximum atomic E-state index is 12.1. The molecule has 0 aliphatic heterocycles. The Morgan fingerprint density at radius 3 is 2.16 bits per heavy atom. The van der Waals surface area contributed by atoms with Gasteiger partial charge in [-0.3, -0.25) is 9.59 Å². The number of carboxylic acids is 2. The van der Waals surface area contributed by atoms with E-state index in [1.54, 1.807) is 6.08 Å². The molecule has 0 heterocycles. The molecule has 0 spiro atoms. The molecule has 0 saturated carbocycles. The van der Waals surface area contributed by atoms with E-state index in [9.17, 15) is 19.8 Å². The van der Waals surface area contributed by atoms with Crippen molar-refractivity contribution in [1.29, 1.82) is 0 Å². The minimum Gasteiger partial charge on any atom is -0.481 e. The van der Waals surface area contributed by atoms with E-state index in [2.05, 4.69) is 20.8 Å². The van der Waals surface area contributed by atoms with E-state index < -0.39 is 22.8 Å². The van der Waals surface area contributed by atoms with Gasteiger partial charge in [-0.25, -0.2) is 0 Å². The third-order valence-electron chi connectivity index (χ3n) is 6.05. The first kappa shape index (κ1) is 21.7. The van der Waals surface area contributed by atoms with Gasteiger partial charge in [0.1, 0.15) is 0 Å². The Labute approximate surface area is 152 Å². The summed E-state index contributed by atoms with van der Waals surface area (Å²) in [6.45, 7) is 6.31. The van der Waals surface area contributed by atoms with Crippen LogP contribution in [0.25, 0.3) is 0 Å². The monoisotopic (exact) mass is 352 g/mol. The van der Waals surface area contributed by atoms with E-state index in [1.165, 1.54) is 6.42 Å². The smallest absolute Gasteiger partial charge is 0.313 e. The molecule has 25 heavy (non-hydrogen) atoms. The first-order chi connectivity index (χ1) is 11.9. The fourth-order valence-corrected chi connectivity index (χ4v) is 4.24. The van der Waals surface area contributed by atoms with Crippen LogP contribution in [0.5, 0.6) is 0 Å². The molecule has 0 bridgehead atoms. The number of hydrogen-bond donors (Lipinski definition) is 2. The molecule has 0 aromatic carbocycles. The lowest BCUT2D eigenvalue weighted by atomic mass is 9.60. The van der Waals surface area contributed by atoms with E-state index >= 15 is 0 Å². The highest BCUT2D eigenvalue weighted by molar-refractivity contribution is 5.81. The highest BCUT2D eigenvalue weighted by atomic mass is 16.4. The van der Waals surface area contributed by atoms with E-state index in [0.29, 0.717) is 25.2 Å². The summed E-state index contributed by atoms with van der Waals surface area (Å²) in [7, 11) is 0. The minimum absolute atomic E-state index is 0.228. The average molecular weight is 353 g/mol. The Morgan fingerprint density at radius 2 is 1.64 bits per heavy atom. The number of carbonyl (C=O) groups is 2. The average Bonchev–Trinajstić information content (AvgIpc) is 2.59. The lowest BCUT2D eigenvalue weighted by Gasteiger charge is -2.41. The molecule has 1 rings (SSSR count). The zero-order valence-electron chi connectivity index (χ0n) is 16.2. The van der Waals surface area contributed by atoms with Crippen molar-refractivity contribution >= 4 is 11.9 Å². The number of carboxylic acid groups (broad SMARTS) is 2. The molecule has 0 saturated heterocycles. The fraction of sp³-hybridized carbons (Fsp3) is 0.810. The standard InChI is InChI=1S/C21H36O4/c1-4-7-8-9-10-12-20(18(22)23)13-11-14-21(16-20,19(24)25)15-17(5-2)6-3/h11,14,17H,4-10,12-13,15-16H2,1-3H3,(H,22,23)(H,24,25). The van der Waals surface area contributed by atoms with Gasteiger partial charge in [0.2, 0.25) is 0 Å². The maximum Gasteiger partial charge on any atom is 0.313 e. The Kier molecular flexibility index (Phi) is 8.67. The highest BCUT2D eigenvalue weighted by Gasteiger charge is 2.50. The van der Waals surface area contributed by atoms with Gasteiger partial charge in [0.15, 0.2) is 0 Å². The van der Waals surface area contributed by atoms with Gasteiger partial charge in [0, 0.05) is 0 Å². The molecule has 0 fully saturated rings. The van der Waals surface area contributed by atoms with Crippen LogP contribution < -0.4 is 0 Å². The van der Waals surface area contributed by atoms with E-state index in [0.717, 1.165) is 38.5 Å². The molecular weight excluding hydrogens is 316 g/mol. The summed E-state index contributed by atoms with van der Waals surface area (Å²) >= 11 is 0. The van der Waals surface area contributed by atoms with Crippen molar-refractivity contribution in [3.05, 3.63) is 12.2 Å². The molecular formula is C21H36O4. The van der Waals surface area contributed by atoms with Gasteiger partial charge >= 0.3 is 11.9 Å². The molecule has 1 aliphatic carbocycles. The highest BCUT2D eigenvalue weighted by Crippen LogP contribution is 2.49. The van der Waals surface area contributed by atoms with Gasteiger partial charge in [0.05, 0.1) is 10.8 Å². The topological polar surface area (TPSA) is 74.6 Å². The summed E-state index contributed by atoms with van der Waals surface area (Å²) in [5.74, 6) is -1.38. The van der Waals surface area contributed by atoms with Gasteiger partial charge in [-0.2, -0.15) is 0 Å². The molecule has 0 radical (unpaired) electrons. The summed E-state index contributed by atoms with van der Waals surface area (Å²) in [6, 6.07) is 0. The molecule has 4 heteroatoms. The van der Waals surface area contributed by atoms with Crippen molar-refractivity contribution in [2.24, 2.45) is 16.7 Å². The van der Waals surface area contributed by atoms with Crippen LogP contribution in [-0.2, 0) is 9.59 Å². The van der Waals surface area contributed by atoms with Crippen molar-refractivity contribution in [2.45, 2.75) is 91.4 Å². The second-order valence-corrected chi connectivity index (χ2v) is 7.88. The molecule has 0 aromatic rings. The summed E-state index contributed by atoms with van der Waals surface area (Å²) in [4.78, 5) is 24.2. The molecule has 144 valence electrons. The third-order valence-corrected chi connectivity index (χ3v) is 6.05. The fourth-order valence-electron chi connectivity index (χ4n) is 4.24. The minimum atomic E-state index is -1.03.